The molecule has 0 aromatic heterocycles. The van der Waals surface area contributed by atoms with Crippen LogP contribution < -0.4 is 5.32 Å². The molecule has 0 saturated heterocycles. The molecule has 1 unspecified atom stereocenters. The molecular weight excluding hydrogens is 228 g/mol. The van der Waals surface area contributed by atoms with Crippen LogP contribution in [0.4, 0.5) is 0 Å². The fourth-order valence-electron chi connectivity index (χ4n) is 1.69. The van der Waals surface area contributed by atoms with E-state index in [2.05, 4.69) is 5.32 Å². The Bertz CT molecular complexity index is 391. The number of benzene rings is 1. The maximum atomic E-state index is 11.5. The molecule has 0 saturated carbocycles. The van der Waals surface area contributed by atoms with Crippen molar-refractivity contribution in [2.45, 2.75) is 19.4 Å². The van der Waals surface area contributed by atoms with Crippen LogP contribution in [0.3, 0.4) is 0 Å². The number of carbonyl (C=O) groups excluding carboxylic acids is 1. The molecule has 0 aliphatic carbocycles. The maximum absolute atomic E-state index is 11.5. The van der Waals surface area contributed by atoms with Crippen molar-refractivity contribution in [2.24, 2.45) is 0 Å². The lowest BCUT2D eigenvalue weighted by atomic mass is 10.0. The quantitative estimate of drug-likeness (QED) is 0.795. The summed E-state index contributed by atoms with van der Waals surface area (Å²) in [5, 5.41) is 12.8. The normalized spacial score (nSPS) is 12.5. The van der Waals surface area contributed by atoms with Crippen LogP contribution in [0.25, 0.3) is 0 Å². The van der Waals surface area contributed by atoms with Crippen LogP contribution in [0.5, 0.6) is 0 Å². The lowest BCUT2D eigenvalue weighted by molar-refractivity contribution is -0.121. The van der Waals surface area contributed by atoms with Gasteiger partial charge in [-0.15, -0.1) is 0 Å². The molecule has 100 valence electrons. The van der Waals surface area contributed by atoms with E-state index in [0.29, 0.717) is 13.0 Å². The number of rotatable bonds is 6. The van der Waals surface area contributed by atoms with Crippen LogP contribution in [0, 0.1) is 6.92 Å². The molecule has 1 atom stereocenters. The summed E-state index contributed by atoms with van der Waals surface area (Å²) in [4.78, 5) is 13.5. The molecule has 4 heteroatoms. The van der Waals surface area contributed by atoms with Gasteiger partial charge in [0.2, 0.25) is 5.91 Å². The summed E-state index contributed by atoms with van der Waals surface area (Å²) < 4.78 is 0. The van der Waals surface area contributed by atoms with E-state index in [9.17, 15) is 9.90 Å². The Morgan fingerprint density at radius 2 is 2.06 bits per heavy atom. The second-order valence-electron chi connectivity index (χ2n) is 4.73. The molecule has 1 aromatic carbocycles. The van der Waals surface area contributed by atoms with Gasteiger partial charge in [-0.2, -0.15) is 0 Å². The minimum atomic E-state index is -0.644. The van der Waals surface area contributed by atoms with E-state index >= 15 is 0 Å². The summed E-state index contributed by atoms with van der Waals surface area (Å²) >= 11 is 0. The first-order chi connectivity index (χ1) is 8.50. The number of carbonyl (C=O) groups is 1. The Morgan fingerprint density at radius 3 is 2.67 bits per heavy atom. The highest BCUT2D eigenvalue weighted by atomic mass is 16.3. The van der Waals surface area contributed by atoms with Crippen LogP contribution in [-0.4, -0.2) is 43.1 Å². The largest absolute Gasteiger partial charge is 0.387 e. The monoisotopic (exact) mass is 250 g/mol. The summed E-state index contributed by atoms with van der Waals surface area (Å²) in [6.45, 7) is 2.93. The van der Waals surface area contributed by atoms with Crippen LogP contribution in [0.15, 0.2) is 24.3 Å². The van der Waals surface area contributed by atoms with Gasteiger partial charge in [0.15, 0.2) is 0 Å². The molecular formula is C14H22N2O2. The lowest BCUT2D eigenvalue weighted by Gasteiger charge is -2.15. The fourth-order valence-corrected chi connectivity index (χ4v) is 1.69. The zero-order chi connectivity index (χ0) is 13.5. The molecule has 0 aliphatic heterocycles. The highest BCUT2D eigenvalue weighted by Crippen LogP contribution is 2.16. The number of aryl methyl sites for hydroxylation is 1. The Labute approximate surface area is 109 Å². The predicted octanol–water partition coefficient (Wildman–Crippen LogP) is 1.10. The molecule has 0 spiro atoms. The highest BCUT2D eigenvalue weighted by Gasteiger charge is 2.11. The summed E-state index contributed by atoms with van der Waals surface area (Å²) in [5.41, 5.74) is 1.90. The van der Waals surface area contributed by atoms with Crippen molar-refractivity contribution in [3.8, 4) is 0 Å². The van der Waals surface area contributed by atoms with E-state index in [-0.39, 0.29) is 12.5 Å². The van der Waals surface area contributed by atoms with Crippen molar-refractivity contribution in [1.82, 2.24) is 10.2 Å². The van der Waals surface area contributed by atoms with E-state index in [0.717, 1.165) is 11.1 Å². The highest BCUT2D eigenvalue weighted by molar-refractivity contribution is 5.76. The first-order valence-corrected chi connectivity index (χ1v) is 6.15. The molecule has 1 amide bonds. The molecule has 1 aromatic rings. The van der Waals surface area contributed by atoms with E-state index in [1.165, 1.54) is 0 Å². The molecule has 2 N–H and O–H groups in total. The van der Waals surface area contributed by atoms with Gasteiger partial charge in [0.1, 0.15) is 0 Å². The molecule has 1 rings (SSSR count). The van der Waals surface area contributed by atoms with Gasteiger partial charge in [-0.1, -0.05) is 24.3 Å². The maximum Gasteiger partial charge on any atom is 0.221 e. The third kappa shape index (κ3) is 4.85. The van der Waals surface area contributed by atoms with Crippen LogP contribution in [0.2, 0.25) is 0 Å². The molecule has 0 fully saturated rings. The van der Waals surface area contributed by atoms with Crippen LogP contribution >= 0.6 is 0 Å². The summed E-state index contributed by atoms with van der Waals surface area (Å²) in [5.74, 6) is -0.0312. The zero-order valence-corrected chi connectivity index (χ0v) is 11.3. The second kappa shape index (κ2) is 7.13. The number of hydrogen-bond donors (Lipinski definition) is 2. The second-order valence-corrected chi connectivity index (χ2v) is 4.73. The molecule has 18 heavy (non-hydrogen) atoms. The topological polar surface area (TPSA) is 52.6 Å². The summed E-state index contributed by atoms with van der Waals surface area (Å²) in [6, 6.07) is 7.65. The molecule has 0 bridgehead atoms. The smallest absolute Gasteiger partial charge is 0.221 e. The van der Waals surface area contributed by atoms with Crippen molar-refractivity contribution in [3.05, 3.63) is 35.4 Å². The average molecular weight is 250 g/mol. The Hall–Kier alpha value is -1.39. The van der Waals surface area contributed by atoms with Crippen LogP contribution in [0.1, 0.15) is 23.7 Å². The third-order valence-electron chi connectivity index (χ3n) is 2.83. The Morgan fingerprint density at radius 1 is 1.39 bits per heavy atom. The van der Waals surface area contributed by atoms with Crippen molar-refractivity contribution in [2.75, 3.05) is 27.2 Å². The lowest BCUT2D eigenvalue weighted by Crippen LogP contribution is -2.31. The minimum absolute atomic E-state index is 0.0312. The van der Waals surface area contributed by atoms with Gasteiger partial charge in [-0.25, -0.2) is 0 Å². The molecule has 0 aliphatic rings. The average Bonchev–Trinajstić information content (AvgIpc) is 2.34. The number of nitrogens with one attached hydrogen (secondary N) is 1. The SMILES string of the molecule is Cc1ccccc1C(O)CNC(=O)CCN(C)C. The van der Waals surface area contributed by atoms with Crippen molar-refractivity contribution < 1.29 is 9.90 Å². The van der Waals surface area contributed by atoms with Gasteiger partial charge in [0.25, 0.3) is 0 Å². The first kappa shape index (κ1) is 14.7. The van der Waals surface area contributed by atoms with Crippen molar-refractivity contribution in [1.29, 1.82) is 0 Å². The molecule has 4 nitrogen and oxygen atoms in total. The van der Waals surface area contributed by atoms with Gasteiger partial charge in [-0.3, -0.25) is 4.79 Å². The molecule has 0 heterocycles. The third-order valence-corrected chi connectivity index (χ3v) is 2.83. The van der Waals surface area contributed by atoms with Crippen molar-refractivity contribution >= 4 is 5.91 Å². The summed E-state index contributed by atoms with van der Waals surface area (Å²) in [7, 11) is 3.85. The number of aliphatic hydroxyl groups excluding tert-OH is 1. The first-order valence-electron chi connectivity index (χ1n) is 6.15. The van der Waals surface area contributed by atoms with Gasteiger partial charge in [0, 0.05) is 19.5 Å². The fraction of sp³-hybridized carbons (Fsp3) is 0.500. The van der Waals surface area contributed by atoms with Gasteiger partial charge in [0.05, 0.1) is 6.10 Å². The standard InChI is InChI=1S/C14H22N2O2/c1-11-6-4-5-7-12(11)13(17)10-15-14(18)8-9-16(2)3/h4-7,13,17H,8-10H2,1-3H3,(H,15,18). The Balaban J connectivity index is 2.39. The minimum Gasteiger partial charge on any atom is -0.387 e. The summed E-state index contributed by atoms with van der Waals surface area (Å²) in [6.07, 6.45) is -0.192. The zero-order valence-electron chi connectivity index (χ0n) is 11.3. The van der Waals surface area contributed by atoms with E-state index in [1.54, 1.807) is 0 Å². The van der Waals surface area contributed by atoms with Crippen molar-refractivity contribution in [3.63, 3.8) is 0 Å². The predicted molar refractivity (Wildman–Crippen MR) is 72.3 cm³/mol. The number of hydrogen-bond acceptors (Lipinski definition) is 3. The van der Waals surface area contributed by atoms with E-state index in [1.807, 2.05) is 50.2 Å². The van der Waals surface area contributed by atoms with E-state index < -0.39 is 6.10 Å². The Kier molecular flexibility index (Phi) is 5.82. The van der Waals surface area contributed by atoms with E-state index in [4.69, 9.17) is 0 Å². The molecule has 0 radical (unpaired) electrons. The number of nitrogens with zero attached hydrogens (tertiary/aromatic N) is 1. The number of aliphatic hydroxyl groups is 1. The number of amides is 1. The van der Waals surface area contributed by atoms with Crippen LogP contribution in [-0.2, 0) is 4.79 Å². The van der Waals surface area contributed by atoms with Gasteiger partial charge >= 0.3 is 0 Å². The van der Waals surface area contributed by atoms with Gasteiger partial charge in [-0.05, 0) is 32.1 Å². The van der Waals surface area contributed by atoms with Gasteiger partial charge < -0.3 is 15.3 Å².